The Labute approximate surface area is 144 Å². The highest BCUT2D eigenvalue weighted by atomic mass is 19.2. The van der Waals surface area contributed by atoms with E-state index in [-0.39, 0.29) is 11.4 Å². The first-order chi connectivity index (χ1) is 11.9. The number of fused-ring (bicyclic) bond motifs is 1. The van der Waals surface area contributed by atoms with Crippen molar-refractivity contribution in [3.63, 3.8) is 0 Å². The molecular weight excluding hydrogens is 325 g/mol. The molecule has 0 atom stereocenters. The third-order valence-electron chi connectivity index (χ3n) is 4.12. The number of rotatable bonds is 4. The minimum absolute atomic E-state index is 0.0966. The van der Waals surface area contributed by atoms with Gasteiger partial charge in [0.15, 0.2) is 5.88 Å². The zero-order valence-electron chi connectivity index (χ0n) is 14.1. The van der Waals surface area contributed by atoms with Gasteiger partial charge in [0.05, 0.1) is 5.52 Å². The Kier molecular flexibility index (Phi) is 4.48. The zero-order valence-corrected chi connectivity index (χ0v) is 14.1. The van der Waals surface area contributed by atoms with E-state index in [2.05, 4.69) is 9.97 Å². The molecule has 0 bridgehead atoms. The molecule has 0 spiro atoms. The number of halogens is 2. The second-order valence-electron chi connectivity index (χ2n) is 5.91. The van der Waals surface area contributed by atoms with E-state index < -0.39 is 13.4 Å². The van der Waals surface area contributed by atoms with Crippen LogP contribution in [-0.4, -0.2) is 17.9 Å². The molecule has 0 saturated carbocycles. The first-order valence-corrected chi connectivity index (χ1v) is 7.79. The molecule has 0 fully saturated rings. The fraction of sp³-hybridized carbons (Fsp3) is 0.167. The summed E-state index contributed by atoms with van der Waals surface area (Å²) >= 11 is 0. The van der Waals surface area contributed by atoms with Crippen LogP contribution in [0.3, 0.4) is 0 Å². The van der Waals surface area contributed by atoms with E-state index in [1.54, 1.807) is 31.3 Å². The van der Waals surface area contributed by atoms with Gasteiger partial charge in [0.2, 0.25) is 0 Å². The van der Waals surface area contributed by atoms with Crippen LogP contribution in [0.15, 0.2) is 42.5 Å². The summed E-state index contributed by atoms with van der Waals surface area (Å²) < 4.78 is 31.8. The molecule has 1 amide bonds. The van der Waals surface area contributed by atoms with Gasteiger partial charge in [-0.1, -0.05) is 30.3 Å². The van der Waals surface area contributed by atoms with Crippen LogP contribution in [0.4, 0.5) is 14.3 Å². The van der Waals surface area contributed by atoms with E-state index in [0.717, 1.165) is 11.1 Å². The largest absolute Gasteiger partial charge is 0.797 e. The topological polar surface area (TPSA) is 43.3 Å². The molecule has 7 heteroatoms. The van der Waals surface area contributed by atoms with Crippen molar-refractivity contribution in [3.05, 3.63) is 59.2 Å². The Morgan fingerprint density at radius 3 is 2.60 bits per heavy atom. The number of aromatic nitrogens is 1. The van der Waals surface area contributed by atoms with Crippen molar-refractivity contribution in [2.45, 2.75) is 13.8 Å². The van der Waals surface area contributed by atoms with Crippen LogP contribution in [-0.2, 0) is 7.05 Å². The lowest BCUT2D eigenvalue weighted by atomic mass is 10.1. The number of hydrogen-bond acceptors (Lipinski definition) is 2. The average molecular weight is 342 g/mol. The normalized spacial score (nSPS) is 10.8. The lowest BCUT2D eigenvalue weighted by molar-refractivity contribution is 0.102. The second kappa shape index (κ2) is 6.59. The van der Waals surface area contributed by atoms with Crippen molar-refractivity contribution in [1.82, 2.24) is 4.57 Å². The average Bonchev–Trinajstić information content (AvgIpc) is 2.83. The maximum atomic E-state index is 12.9. The van der Waals surface area contributed by atoms with Gasteiger partial charge in [-0.3, -0.25) is 4.79 Å². The number of anilines is 1. The lowest BCUT2D eigenvalue weighted by Crippen LogP contribution is -2.17. The summed E-state index contributed by atoms with van der Waals surface area (Å²) in [4.78, 5) is 12.9. The summed E-state index contributed by atoms with van der Waals surface area (Å²) in [6.45, 7) is 3.78. The van der Waals surface area contributed by atoms with Crippen LogP contribution < -0.4 is 9.97 Å². The molecule has 1 N–H and O–H groups in total. The van der Waals surface area contributed by atoms with Gasteiger partial charge in [-0.25, -0.2) is 8.63 Å². The molecule has 0 aliphatic rings. The molecule has 128 valence electrons. The Balaban J connectivity index is 2.10. The van der Waals surface area contributed by atoms with Crippen molar-refractivity contribution >= 4 is 30.0 Å². The van der Waals surface area contributed by atoms with Crippen molar-refractivity contribution in [1.29, 1.82) is 0 Å². The van der Waals surface area contributed by atoms with Crippen molar-refractivity contribution < 1.29 is 18.1 Å². The maximum Gasteiger partial charge on any atom is 0.797 e. The minimum atomic E-state index is -3.02. The number of aryl methyl sites for hydroxylation is 3. The van der Waals surface area contributed by atoms with Crippen LogP contribution in [0.5, 0.6) is 5.88 Å². The van der Waals surface area contributed by atoms with Crippen molar-refractivity contribution in [2.75, 3.05) is 5.32 Å². The van der Waals surface area contributed by atoms with E-state index in [4.69, 9.17) is 0 Å². The van der Waals surface area contributed by atoms with E-state index >= 15 is 0 Å². The summed E-state index contributed by atoms with van der Waals surface area (Å²) in [5, 5.41) is 3.37. The zero-order chi connectivity index (χ0) is 18.1. The highest BCUT2D eigenvalue weighted by Gasteiger charge is 2.28. The molecule has 1 aromatic heterocycles. The smallest absolute Gasteiger partial charge is 0.491 e. The molecule has 3 aromatic rings. The van der Waals surface area contributed by atoms with Crippen LogP contribution in [0.1, 0.15) is 21.5 Å². The number of hydrogen-bond donors (Lipinski definition) is 1. The van der Waals surface area contributed by atoms with Crippen LogP contribution in [0, 0.1) is 13.8 Å². The predicted molar refractivity (Wildman–Crippen MR) is 95.4 cm³/mol. The monoisotopic (exact) mass is 342 g/mol. The predicted octanol–water partition coefficient (Wildman–Crippen LogP) is 4.35. The Bertz CT molecular complexity index is 954. The number of carbonyl (C=O) groups is 1. The molecule has 3 rings (SSSR count). The molecule has 2 aromatic carbocycles. The molecular formula is C18H17BF2N2O2. The van der Waals surface area contributed by atoms with E-state index in [0.29, 0.717) is 16.6 Å². The third-order valence-corrected chi connectivity index (χ3v) is 4.12. The highest BCUT2D eigenvalue weighted by molar-refractivity contribution is 6.36. The van der Waals surface area contributed by atoms with Crippen molar-refractivity contribution in [3.8, 4) is 5.88 Å². The van der Waals surface area contributed by atoms with Gasteiger partial charge in [0.1, 0.15) is 5.56 Å². The van der Waals surface area contributed by atoms with Crippen LogP contribution >= 0.6 is 0 Å². The first kappa shape index (κ1) is 17.0. The molecule has 25 heavy (non-hydrogen) atoms. The lowest BCUT2D eigenvalue weighted by Gasteiger charge is -2.11. The number of carbonyl (C=O) groups excluding carboxylic acids is 1. The van der Waals surface area contributed by atoms with E-state index in [9.17, 15) is 13.4 Å². The SMILES string of the molecule is Cc1ccc(C)c(NC(=O)c2c(OB(F)F)n(C)c3ccccc23)c1. The number of para-hydroxylation sites is 1. The standard InChI is InChI=1S/C18H17BF2N2O2/c1-11-8-9-12(2)14(10-11)22-17(24)16-13-6-4-5-7-15(13)23(3)18(16)25-19(20)21/h4-10H,1-3H3,(H,22,24). The third kappa shape index (κ3) is 3.22. The van der Waals surface area contributed by atoms with E-state index in [1.165, 1.54) is 4.57 Å². The molecule has 0 aliphatic heterocycles. The molecule has 0 aliphatic carbocycles. The van der Waals surface area contributed by atoms with Gasteiger partial charge in [-0.05, 0) is 37.1 Å². The molecule has 0 radical (unpaired) electrons. The van der Waals surface area contributed by atoms with Gasteiger partial charge in [0, 0.05) is 18.1 Å². The minimum Gasteiger partial charge on any atom is -0.491 e. The highest BCUT2D eigenvalue weighted by Crippen LogP contribution is 2.32. The maximum absolute atomic E-state index is 12.9. The summed E-state index contributed by atoms with van der Waals surface area (Å²) in [5.74, 6) is -0.639. The van der Waals surface area contributed by atoms with Gasteiger partial charge >= 0.3 is 7.47 Å². The Morgan fingerprint density at radius 2 is 1.88 bits per heavy atom. The van der Waals surface area contributed by atoms with Gasteiger partial charge in [-0.2, -0.15) is 0 Å². The summed E-state index contributed by atoms with van der Waals surface area (Å²) in [6.07, 6.45) is 0. The number of amides is 1. The fourth-order valence-corrected chi connectivity index (χ4v) is 2.87. The van der Waals surface area contributed by atoms with Crippen LogP contribution in [0.2, 0.25) is 0 Å². The molecule has 0 saturated heterocycles. The van der Waals surface area contributed by atoms with Gasteiger partial charge in [0.25, 0.3) is 5.91 Å². The molecule has 0 unspecified atom stereocenters. The number of nitrogens with one attached hydrogen (secondary N) is 1. The molecule has 4 nitrogen and oxygen atoms in total. The number of benzene rings is 2. The van der Waals surface area contributed by atoms with Crippen LogP contribution in [0.25, 0.3) is 10.9 Å². The summed E-state index contributed by atoms with van der Waals surface area (Å²) in [5.41, 5.74) is 3.25. The quantitative estimate of drug-likeness (QED) is 0.717. The number of nitrogens with zero attached hydrogens (tertiary/aromatic N) is 1. The fourth-order valence-electron chi connectivity index (χ4n) is 2.87. The van der Waals surface area contributed by atoms with Gasteiger partial charge < -0.3 is 14.5 Å². The first-order valence-electron chi connectivity index (χ1n) is 7.79. The van der Waals surface area contributed by atoms with Crippen molar-refractivity contribution in [2.24, 2.45) is 7.05 Å². The van der Waals surface area contributed by atoms with Gasteiger partial charge in [-0.15, -0.1) is 0 Å². The Hall–Kier alpha value is -2.83. The summed E-state index contributed by atoms with van der Waals surface area (Å²) in [7, 11) is -1.43. The second-order valence-corrected chi connectivity index (χ2v) is 5.91. The molecule has 1 heterocycles. The van der Waals surface area contributed by atoms with E-state index in [1.807, 2.05) is 32.0 Å². The summed E-state index contributed by atoms with van der Waals surface area (Å²) in [6, 6.07) is 12.7. The Morgan fingerprint density at radius 1 is 1.16 bits per heavy atom.